The molecule has 2 aromatic carbocycles. The molecule has 0 spiro atoms. The SMILES string of the molecule is C[C@H](OC(=O)c1ccc(C(=O)C(=O)c2ccccc2)cc1)C(=O)NCc1ccco1. The Kier molecular flexibility index (Phi) is 6.54. The van der Waals surface area contributed by atoms with Crippen molar-refractivity contribution < 1.29 is 28.3 Å². The number of amides is 1. The zero-order valence-electron chi connectivity index (χ0n) is 16.2. The van der Waals surface area contributed by atoms with Crippen LogP contribution in [0.15, 0.2) is 77.4 Å². The molecule has 0 aliphatic rings. The summed E-state index contributed by atoms with van der Waals surface area (Å²) in [7, 11) is 0. The topological polar surface area (TPSA) is 103 Å². The van der Waals surface area contributed by atoms with E-state index in [1.165, 1.54) is 37.5 Å². The third kappa shape index (κ3) is 5.08. The molecule has 0 fully saturated rings. The monoisotopic (exact) mass is 405 g/mol. The molecular weight excluding hydrogens is 386 g/mol. The smallest absolute Gasteiger partial charge is 0.338 e. The first-order chi connectivity index (χ1) is 14.5. The van der Waals surface area contributed by atoms with Gasteiger partial charge in [0.15, 0.2) is 6.10 Å². The van der Waals surface area contributed by atoms with E-state index < -0.39 is 29.5 Å². The number of carbonyl (C=O) groups is 4. The van der Waals surface area contributed by atoms with Crippen LogP contribution in [0.5, 0.6) is 0 Å². The van der Waals surface area contributed by atoms with Crippen molar-refractivity contribution in [2.24, 2.45) is 0 Å². The average Bonchev–Trinajstić information content (AvgIpc) is 3.30. The highest BCUT2D eigenvalue weighted by molar-refractivity contribution is 6.49. The van der Waals surface area contributed by atoms with E-state index in [-0.39, 0.29) is 17.7 Å². The summed E-state index contributed by atoms with van der Waals surface area (Å²) < 4.78 is 10.3. The predicted octanol–water partition coefficient (Wildman–Crippen LogP) is 3.21. The Morgan fingerprint density at radius 2 is 1.43 bits per heavy atom. The van der Waals surface area contributed by atoms with E-state index >= 15 is 0 Å². The number of esters is 1. The third-order valence-electron chi connectivity index (χ3n) is 4.29. The van der Waals surface area contributed by atoms with Crippen LogP contribution in [-0.4, -0.2) is 29.5 Å². The fraction of sp³-hybridized carbons (Fsp3) is 0.130. The van der Waals surface area contributed by atoms with Gasteiger partial charge in [-0.25, -0.2) is 4.79 Å². The highest BCUT2D eigenvalue weighted by Gasteiger charge is 2.21. The lowest BCUT2D eigenvalue weighted by atomic mass is 10.0. The zero-order valence-corrected chi connectivity index (χ0v) is 16.2. The van der Waals surface area contributed by atoms with Crippen LogP contribution in [0.2, 0.25) is 0 Å². The highest BCUT2D eigenvalue weighted by atomic mass is 16.5. The minimum absolute atomic E-state index is 0.157. The number of benzene rings is 2. The van der Waals surface area contributed by atoms with Crippen molar-refractivity contribution >= 4 is 23.4 Å². The Hall–Kier alpha value is -4.00. The molecule has 1 heterocycles. The molecule has 7 nitrogen and oxygen atoms in total. The molecule has 1 atom stereocenters. The van der Waals surface area contributed by atoms with Crippen molar-refractivity contribution in [3.8, 4) is 0 Å². The van der Waals surface area contributed by atoms with E-state index in [0.717, 1.165) is 0 Å². The fourth-order valence-corrected chi connectivity index (χ4v) is 2.62. The minimum Gasteiger partial charge on any atom is -0.467 e. The number of furan rings is 1. The molecular formula is C23H19NO6. The molecule has 0 aliphatic heterocycles. The van der Waals surface area contributed by atoms with E-state index in [1.807, 2.05) is 0 Å². The standard InChI is InChI=1S/C23H19NO6/c1-15(22(27)24-14-19-8-5-13-29-19)30-23(28)18-11-9-17(10-12-18)21(26)20(25)16-6-3-2-4-7-16/h2-13,15H,14H2,1H3,(H,24,27)/t15-/m0/s1. The van der Waals surface area contributed by atoms with Gasteiger partial charge in [-0.1, -0.05) is 42.5 Å². The molecule has 3 aromatic rings. The van der Waals surface area contributed by atoms with Crippen molar-refractivity contribution in [3.05, 3.63) is 95.4 Å². The average molecular weight is 405 g/mol. The number of nitrogens with one attached hydrogen (secondary N) is 1. The maximum atomic E-state index is 12.3. The molecule has 0 unspecified atom stereocenters. The lowest BCUT2D eigenvalue weighted by molar-refractivity contribution is -0.129. The van der Waals surface area contributed by atoms with Gasteiger partial charge >= 0.3 is 5.97 Å². The van der Waals surface area contributed by atoms with Gasteiger partial charge in [-0.2, -0.15) is 0 Å². The number of ketones is 2. The highest BCUT2D eigenvalue weighted by Crippen LogP contribution is 2.11. The second kappa shape index (κ2) is 9.47. The lowest BCUT2D eigenvalue weighted by Crippen LogP contribution is -2.35. The van der Waals surface area contributed by atoms with Crippen molar-refractivity contribution in [2.45, 2.75) is 19.6 Å². The largest absolute Gasteiger partial charge is 0.467 e. The van der Waals surface area contributed by atoms with Gasteiger partial charge in [-0.05, 0) is 31.2 Å². The second-order valence-corrected chi connectivity index (χ2v) is 6.45. The number of carbonyl (C=O) groups excluding carboxylic acids is 4. The predicted molar refractivity (Wildman–Crippen MR) is 107 cm³/mol. The molecule has 0 aliphatic carbocycles. The molecule has 3 rings (SSSR count). The second-order valence-electron chi connectivity index (χ2n) is 6.45. The van der Waals surface area contributed by atoms with Crippen LogP contribution in [0.1, 0.15) is 43.8 Å². The van der Waals surface area contributed by atoms with Crippen LogP contribution >= 0.6 is 0 Å². The van der Waals surface area contributed by atoms with Crippen molar-refractivity contribution in [3.63, 3.8) is 0 Å². The van der Waals surface area contributed by atoms with Gasteiger partial charge in [0.05, 0.1) is 18.4 Å². The summed E-state index contributed by atoms with van der Waals surface area (Å²) in [6, 6.07) is 17.1. The first-order valence-corrected chi connectivity index (χ1v) is 9.21. The molecule has 0 radical (unpaired) electrons. The fourth-order valence-electron chi connectivity index (χ4n) is 2.62. The minimum atomic E-state index is -1.02. The quantitative estimate of drug-likeness (QED) is 0.351. The van der Waals surface area contributed by atoms with E-state index in [9.17, 15) is 19.2 Å². The van der Waals surface area contributed by atoms with Crippen LogP contribution < -0.4 is 5.32 Å². The zero-order chi connectivity index (χ0) is 21.5. The number of Topliss-reactive ketones (excluding diaryl/α,β-unsaturated/α-hetero) is 2. The van der Waals surface area contributed by atoms with E-state index in [1.54, 1.807) is 42.5 Å². The van der Waals surface area contributed by atoms with Gasteiger partial charge in [0, 0.05) is 11.1 Å². The van der Waals surface area contributed by atoms with E-state index in [0.29, 0.717) is 11.3 Å². The molecule has 1 amide bonds. The molecule has 0 saturated heterocycles. The van der Waals surface area contributed by atoms with Gasteiger partial charge in [0.25, 0.3) is 5.91 Å². The summed E-state index contributed by atoms with van der Waals surface area (Å²) in [5, 5.41) is 2.60. The Balaban J connectivity index is 1.57. The molecule has 0 saturated carbocycles. The molecule has 0 bridgehead atoms. The number of rotatable bonds is 8. The first-order valence-electron chi connectivity index (χ1n) is 9.21. The van der Waals surface area contributed by atoms with Gasteiger partial charge in [0.2, 0.25) is 11.6 Å². The van der Waals surface area contributed by atoms with Gasteiger partial charge in [-0.15, -0.1) is 0 Å². The normalized spacial score (nSPS) is 11.4. The summed E-state index contributed by atoms with van der Waals surface area (Å²) in [5.74, 6) is -1.92. The number of hydrogen-bond acceptors (Lipinski definition) is 6. The number of ether oxygens (including phenoxy) is 1. The Bertz CT molecular complexity index is 1040. The molecule has 30 heavy (non-hydrogen) atoms. The molecule has 1 N–H and O–H groups in total. The van der Waals surface area contributed by atoms with Crippen LogP contribution in [-0.2, 0) is 16.1 Å². The van der Waals surface area contributed by atoms with Crippen LogP contribution in [0.3, 0.4) is 0 Å². The van der Waals surface area contributed by atoms with Crippen LogP contribution in [0.25, 0.3) is 0 Å². The summed E-state index contributed by atoms with van der Waals surface area (Å²) >= 11 is 0. The van der Waals surface area contributed by atoms with E-state index in [2.05, 4.69) is 5.32 Å². The van der Waals surface area contributed by atoms with Gasteiger partial charge < -0.3 is 14.5 Å². The van der Waals surface area contributed by atoms with Gasteiger partial charge in [-0.3, -0.25) is 14.4 Å². The summed E-state index contributed by atoms with van der Waals surface area (Å²) in [6.45, 7) is 1.63. The van der Waals surface area contributed by atoms with Gasteiger partial charge in [0.1, 0.15) is 5.76 Å². The maximum Gasteiger partial charge on any atom is 0.338 e. The maximum absolute atomic E-state index is 12.3. The Morgan fingerprint density at radius 1 is 0.833 bits per heavy atom. The Labute approximate surface area is 172 Å². The third-order valence-corrected chi connectivity index (χ3v) is 4.29. The van der Waals surface area contributed by atoms with E-state index in [4.69, 9.17) is 9.15 Å². The summed E-state index contributed by atoms with van der Waals surface area (Å²) in [5.41, 5.74) is 0.606. The van der Waals surface area contributed by atoms with Crippen molar-refractivity contribution in [1.29, 1.82) is 0 Å². The summed E-state index contributed by atoms with van der Waals surface area (Å²) in [6.07, 6.45) is 0.473. The van der Waals surface area contributed by atoms with Crippen LogP contribution in [0.4, 0.5) is 0 Å². The first kappa shape index (κ1) is 20.7. The van der Waals surface area contributed by atoms with Crippen molar-refractivity contribution in [2.75, 3.05) is 0 Å². The molecule has 7 heteroatoms. The number of hydrogen-bond donors (Lipinski definition) is 1. The Morgan fingerprint density at radius 3 is 2.03 bits per heavy atom. The lowest BCUT2D eigenvalue weighted by Gasteiger charge is -2.13. The molecule has 152 valence electrons. The van der Waals surface area contributed by atoms with Crippen molar-refractivity contribution in [1.82, 2.24) is 5.32 Å². The van der Waals surface area contributed by atoms with Crippen LogP contribution in [0, 0.1) is 0 Å². The molecule has 1 aromatic heterocycles. The summed E-state index contributed by atoms with van der Waals surface area (Å²) in [4.78, 5) is 48.9.